The monoisotopic (exact) mass is 506 g/mol. The first kappa shape index (κ1) is 30.1. The van der Waals surface area contributed by atoms with Crippen molar-refractivity contribution >= 4 is 12.9 Å². The molecular weight excluding hydrogens is 460 g/mol. The van der Waals surface area contributed by atoms with Crippen molar-refractivity contribution in [1.29, 1.82) is 0 Å². The molecule has 0 aromatic heterocycles. The molecule has 0 unspecified atom stereocenters. The Bertz CT molecular complexity index is 737. The predicted molar refractivity (Wildman–Crippen MR) is 140 cm³/mol. The van der Waals surface area contributed by atoms with Crippen LogP contribution in [0.2, 0.25) is 0 Å². The summed E-state index contributed by atoms with van der Waals surface area (Å²) in [4.78, 5) is 22.0. The second-order valence-electron chi connectivity index (χ2n) is 10.1. The van der Waals surface area contributed by atoms with Crippen LogP contribution in [0, 0.1) is 5.41 Å². The Balaban J connectivity index is 0.000000693. The van der Waals surface area contributed by atoms with E-state index in [4.69, 9.17) is 29.3 Å². The number of rotatable bonds is 9. The lowest BCUT2D eigenvalue weighted by molar-refractivity contribution is -0.123. The molecule has 4 rings (SSSR count). The lowest BCUT2D eigenvalue weighted by Gasteiger charge is -2.43. The minimum Gasteiger partial charge on any atom is -0.493 e. The van der Waals surface area contributed by atoms with Gasteiger partial charge in [-0.1, -0.05) is 31.0 Å². The van der Waals surface area contributed by atoms with Crippen LogP contribution in [0.5, 0.6) is 5.75 Å². The minimum atomic E-state index is -0.250. The van der Waals surface area contributed by atoms with Crippen LogP contribution in [0.15, 0.2) is 24.3 Å². The zero-order valence-corrected chi connectivity index (χ0v) is 22.0. The van der Waals surface area contributed by atoms with Crippen LogP contribution in [0.25, 0.3) is 0 Å². The maximum Gasteiger partial charge on any atom is 0.290 e. The van der Waals surface area contributed by atoms with Gasteiger partial charge in [0.15, 0.2) is 0 Å². The lowest BCUT2D eigenvalue weighted by Crippen LogP contribution is -2.47. The molecule has 3 fully saturated rings. The molecule has 2 atom stereocenters. The number of methoxy groups -OCH3 is 1. The van der Waals surface area contributed by atoms with Gasteiger partial charge in [-0.3, -0.25) is 14.5 Å². The van der Waals surface area contributed by atoms with Crippen LogP contribution in [-0.4, -0.2) is 85.5 Å². The number of carboxylic acid groups (broad SMARTS) is 2. The third-order valence-corrected chi connectivity index (χ3v) is 7.74. The fourth-order valence-electron chi connectivity index (χ4n) is 6.15. The number of likely N-dealkylation sites (tertiary alicyclic amines) is 2. The summed E-state index contributed by atoms with van der Waals surface area (Å²) in [5.41, 5.74) is 1.73. The van der Waals surface area contributed by atoms with Crippen molar-refractivity contribution in [3.05, 3.63) is 29.8 Å². The molecule has 0 radical (unpaired) electrons. The Hall–Kier alpha value is -2.16. The van der Waals surface area contributed by atoms with Crippen molar-refractivity contribution < 1.29 is 29.3 Å². The fraction of sp³-hybridized carbons (Fsp3) is 0.714. The molecule has 2 aliphatic heterocycles. The van der Waals surface area contributed by atoms with Crippen molar-refractivity contribution in [3.63, 3.8) is 0 Å². The molecule has 1 aromatic carbocycles. The molecule has 3 aliphatic rings. The van der Waals surface area contributed by atoms with Gasteiger partial charge in [-0.15, -0.1) is 0 Å². The van der Waals surface area contributed by atoms with Gasteiger partial charge in [0, 0.05) is 31.2 Å². The average molecular weight is 507 g/mol. The number of nitrogens with zero attached hydrogens (tertiary/aromatic N) is 2. The van der Waals surface area contributed by atoms with Crippen molar-refractivity contribution in [2.45, 2.75) is 76.9 Å². The first-order valence-corrected chi connectivity index (χ1v) is 13.5. The number of hydrogen-bond donors (Lipinski definition) is 2. The summed E-state index contributed by atoms with van der Waals surface area (Å²) < 4.78 is 12.1. The Morgan fingerprint density at radius 3 is 2.33 bits per heavy atom. The number of unbranched alkanes of at least 4 members (excludes halogenated alkanes) is 1. The highest BCUT2D eigenvalue weighted by Gasteiger charge is 2.45. The van der Waals surface area contributed by atoms with Crippen molar-refractivity contribution in [2.75, 3.05) is 46.4 Å². The van der Waals surface area contributed by atoms with Gasteiger partial charge in [0.25, 0.3) is 12.9 Å². The molecule has 1 saturated carbocycles. The number of ether oxygens (including phenoxy) is 2. The highest BCUT2D eigenvalue weighted by Crippen LogP contribution is 2.46. The van der Waals surface area contributed by atoms with E-state index in [1.807, 2.05) is 7.11 Å². The molecule has 2 heterocycles. The normalized spacial score (nSPS) is 24.2. The topological polar surface area (TPSA) is 99.5 Å². The molecular formula is C28H46N2O6. The number of carbonyl (C=O) groups is 2. The van der Waals surface area contributed by atoms with Gasteiger partial charge in [0.1, 0.15) is 5.75 Å². The zero-order chi connectivity index (χ0) is 26.1. The summed E-state index contributed by atoms with van der Waals surface area (Å²) >= 11 is 0. The maximum absolute atomic E-state index is 8.36. The summed E-state index contributed by atoms with van der Waals surface area (Å²) in [6, 6.07) is 8.69. The number of benzene rings is 1. The molecule has 2 N–H and O–H groups in total. The van der Waals surface area contributed by atoms with Crippen molar-refractivity contribution in [3.8, 4) is 5.75 Å². The summed E-state index contributed by atoms with van der Waals surface area (Å²) in [5.74, 6) is 1.09. The van der Waals surface area contributed by atoms with Crippen LogP contribution in [0.4, 0.5) is 0 Å². The van der Waals surface area contributed by atoms with Crippen molar-refractivity contribution in [1.82, 2.24) is 9.80 Å². The van der Waals surface area contributed by atoms with Crippen LogP contribution >= 0.6 is 0 Å². The van der Waals surface area contributed by atoms with Gasteiger partial charge < -0.3 is 24.6 Å². The minimum absolute atomic E-state index is 0.250. The Morgan fingerprint density at radius 2 is 1.61 bits per heavy atom. The molecule has 0 bridgehead atoms. The quantitative estimate of drug-likeness (QED) is 0.373. The van der Waals surface area contributed by atoms with E-state index in [9.17, 15) is 0 Å². The fourth-order valence-corrected chi connectivity index (χ4v) is 6.15. The van der Waals surface area contributed by atoms with Gasteiger partial charge in [0.05, 0.1) is 12.7 Å². The van der Waals surface area contributed by atoms with E-state index >= 15 is 0 Å². The average Bonchev–Trinajstić information content (AvgIpc) is 3.27. The van der Waals surface area contributed by atoms with E-state index in [0.29, 0.717) is 11.5 Å². The summed E-state index contributed by atoms with van der Waals surface area (Å²) in [6.07, 6.45) is 13.5. The van der Waals surface area contributed by atoms with E-state index in [1.165, 1.54) is 96.1 Å². The zero-order valence-electron chi connectivity index (χ0n) is 22.0. The van der Waals surface area contributed by atoms with Crippen LogP contribution in [0.1, 0.15) is 69.8 Å². The van der Waals surface area contributed by atoms with Gasteiger partial charge in [-0.25, -0.2) is 0 Å². The van der Waals surface area contributed by atoms with Gasteiger partial charge in [-0.2, -0.15) is 0 Å². The Morgan fingerprint density at radius 1 is 0.944 bits per heavy atom. The van der Waals surface area contributed by atoms with Crippen molar-refractivity contribution in [2.24, 2.45) is 5.41 Å². The SMILES string of the molecule is CO[C@@H]1CCC[C@]12CCCN(Cc1ccccc1OCCCCN1CCCCC1)C2.O=CO.O=CO. The molecule has 36 heavy (non-hydrogen) atoms. The van der Waals surface area contributed by atoms with Crippen LogP contribution < -0.4 is 4.74 Å². The lowest BCUT2D eigenvalue weighted by atomic mass is 9.76. The first-order valence-electron chi connectivity index (χ1n) is 13.5. The molecule has 204 valence electrons. The number of para-hydroxylation sites is 1. The number of piperidine rings is 2. The predicted octanol–water partition coefficient (Wildman–Crippen LogP) is 4.51. The summed E-state index contributed by atoms with van der Waals surface area (Å²) in [7, 11) is 1.91. The molecule has 0 amide bonds. The van der Waals surface area contributed by atoms with E-state index in [0.717, 1.165) is 25.3 Å². The molecule has 8 nitrogen and oxygen atoms in total. The second kappa shape index (κ2) is 17.3. The van der Waals surface area contributed by atoms with Crippen LogP contribution in [-0.2, 0) is 20.9 Å². The smallest absolute Gasteiger partial charge is 0.290 e. The molecule has 1 aliphatic carbocycles. The summed E-state index contributed by atoms with van der Waals surface area (Å²) in [5, 5.41) is 13.8. The standard InChI is InChI=1S/C26H42N2O2.2CH2O2/c1-29-25-13-9-14-26(25)15-10-19-28(22-26)21-23-11-3-4-12-24(23)30-20-8-7-18-27-16-5-2-6-17-27;2*2-1-3/h3-4,11-12,25H,2,5-10,13-22H2,1H3;2*1H,(H,2,3)/t25-,26-;;/m1../s1. The van der Waals surface area contributed by atoms with E-state index in [1.54, 1.807) is 0 Å². The van der Waals surface area contributed by atoms with E-state index in [-0.39, 0.29) is 12.9 Å². The highest BCUT2D eigenvalue weighted by molar-refractivity contribution is 5.33. The molecule has 1 spiro atoms. The largest absolute Gasteiger partial charge is 0.493 e. The van der Waals surface area contributed by atoms with Gasteiger partial charge in [-0.05, 0) is 83.6 Å². The highest BCUT2D eigenvalue weighted by atomic mass is 16.5. The molecule has 2 saturated heterocycles. The van der Waals surface area contributed by atoms with E-state index < -0.39 is 0 Å². The van der Waals surface area contributed by atoms with E-state index in [2.05, 4.69) is 34.1 Å². The maximum atomic E-state index is 8.36. The Labute approximate surface area is 216 Å². The van der Waals surface area contributed by atoms with Crippen LogP contribution in [0.3, 0.4) is 0 Å². The first-order chi connectivity index (χ1) is 17.6. The molecule has 8 heteroatoms. The third kappa shape index (κ3) is 9.71. The summed E-state index contributed by atoms with van der Waals surface area (Å²) in [6.45, 7) is 7.54. The second-order valence-corrected chi connectivity index (χ2v) is 10.1. The number of hydrogen-bond acceptors (Lipinski definition) is 6. The third-order valence-electron chi connectivity index (χ3n) is 7.74. The van der Waals surface area contributed by atoms with Gasteiger partial charge in [0.2, 0.25) is 0 Å². The Kier molecular flexibility index (Phi) is 14.5. The van der Waals surface area contributed by atoms with Gasteiger partial charge >= 0.3 is 0 Å². The molecule has 1 aromatic rings.